The molecule has 6 nitrogen and oxygen atoms in total. The zero-order chi connectivity index (χ0) is 22.0. The van der Waals surface area contributed by atoms with Crippen molar-refractivity contribution in [2.45, 2.75) is 6.42 Å². The molecule has 2 aromatic heterocycles. The Labute approximate surface area is 186 Å². The van der Waals surface area contributed by atoms with Crippen molar-refractivity contribution in [1.29, 1.82) is 0 Å². The number of benzene rings is 2. The maximum Gasteiger partial charge on any atom is 0.239 e. The molecule has 4 aromatic rings. The van der Waals surface area contributed by atoms with Crippen molar-refractivity contribution in [3.05, 3.63) is 82.2 Å². The molecule has 0 aliphatic carbocycles. The minimum atomic E-state index is -0.379. The van der Waals surface area contributed by atoms with Gasteiger partial charge in [-0.15, -0.1) is 0 Å². The van der Waals surface area contributed by atoms with Gasteiger partial charge >= 0.3 is 0 Å². The summed E-state index contributed by atoms with van der Waals surface area (Å²) in [6, 6.07) is 14.0. The predicted octanol–water partition coefficient (Wildman–Crippen LogP) is 5.61. The lowest BCUT2D eigenvalue weighted by Crippen LogP contribution is -2.14. The van der Waals surface area contributed by atoms with E-state index < -0.39 is 0 Å². The number of aromatic nitrogens is 2. The number of amides is 1. The quantitative estimate of drug-likeness (QED) is 0.406. The van der Waals surface area contributed by atoms with E-state index in [1.54, 1.807) is 42.5 Å². The number of hydrogen-bond acceptors (Lipinski definition) is 5. The maximum absolute atomic E-state index is 13.4. The lowest BCUT2D eigenvalue weighted by molar-refractivity contribution is -0.115. The van der Waals surface area contributed by atoms with E-state index in [4.69, 9.17) is 33.5 Å². The van der Waals surface area contributed by atoms with Crippen molar-refractivity contribution in [2.75, 3.05) is 11.1 Å². The molecule has 0 radical (unpaired) electrons. The summed E-state index contributed by atoms with van der Waals surface area (Å²) in [5.41, 5.74) is 8.60. The van der Waals surface area contributed by atoms with Gasteiger partial charge in [-0.2, -0.15) is 0 Å². The number of carbonyl (C=O) groups is 1. The van der Waals surface area contributed by atoms with E-state index in [0.717, 1.165) is 0 Å². The van der Waals surface area contributed by atoms with Crippen molar-refractivity contribution in [2.24, 2.45) is 0 Å². The second-order valence-corrected chi connectivity index (χ2v) is 7.52. The van der Waals surface area contributed by atoms with Crippen LogP contribution in [-0.4, -0.2) is 16.0 Å². The summed E-state index contributed by atoms with van der Waals surface area (Å²) in [6.45, 7) is 0. The number of nitrogens with one attached hydrogen (secondary N) is 1. The molecule has 4 rings (SSSR count). The summed E-state index contributed by atoms with van der Waals surface area (Å²) in [5.74, 6) is -0.335. The average molecular weight is 457 g/mol. The lowest BCUT2D eigenvalue weighted by Gasteiger charge is -2.08. The minimum Gasteiger partial charge on any atom is -0.384 e. The molecule has 31 heavy (non-hydrogen) atoms. The van der Waals surface area contributed by atoms with Crippen LogP contribution in [0.3, 0.4) is 0 Å². The highest BCUT2D eigenvalue weighted by Gasteiger charge is 2.22. The third-order valence-electron chi connectivity index (χ3n) is 4.50. The molecular weight excluding hydrogens is 442 g/mol. The van der Waals surface area contributed by atoms with Crippen LogP contribution in [-0.2, 0) is 11.2 Å². The average Bonchev–Trinajstić information content (AvgIpc) is 3.14. The monoisotopic (exact) mass is 456 g/mol. The third kappa shape index (κ3) is 4.68. The molecular formula is C22H15Cl2FN4O2. The van der Waals surface area contributed by atoms with Crippen molar-refractivity contribution < 1.29 is 13.7 Å². The first-order valence-corrected chi connectivity index (χ1v) is 9.87. The van der Waals surface area contributed by atoms with Gasteiger partial charge in [0.2, 0.25) is 11.8 Å². The summed E-state index contributed by atoms with van der Waals surface area (Å²) in [5, 5.41) is 7.68. The number of nitrogens with zero attached hydrogens (tertiary/aromatic N) is 2. The SMILES string of the molecule is Nc1cc(-c2c(-c3ccc(F)cc3)noc2NC(=O)Cc2ccc(Cl)cc2Cl)ccn1. The zero-order valence-electron chi connectivity index (χ0n) is 15.9. The first kappa shape index (κ1) is 20.8. The number of halogens is 3. The van der Waals surface area contributed by atoms with E-state index in [1.807, 2.05) is 0 Å². The molecule has 0 unspecified atom stereocenters. The van der Waals surface area contributed by atoms with E-state index in [9.17, 15) is 9.18 Å². The largest absolute Gasteiger partial charge is 0.384 e. The second-order valence-electron chi connectivity index (χ2n) is 6.67. The summed E-state index contributed by atoms with van der Waals surface area (Å²) in [7, 11) is 0. The first-order chi connectivity index (χ1) is 14.9. The molecule has 0 atom stereocenters. The van der Waals surface area contributed by atoms with Crippen molar-refractivity contribution >= 4 is 40.8 Å². The summed E-state index contributed by atoms with van der Waals surface area (Å²) in [4.78, 5) is 16.7. The van der Waals surface area contributed by atoms with Crippen LogP contribution in [0.1, 0.15) is 5.56 Å². The number of anilines is 2. The molecule has 3 N–H and O–H groups in total. The van der Waals surface area contributed by atoms with E-state index in [2.05, 4.69) is 15.5 Å². The molecule has 1 amide bonds. The molecule has 0 saturated heterocycles. The fourth-order valence-corrected chi connectivity index (χ4v) is 3.54. The van der Waals surface area contributed by atoms with Crippen LogP contribution >= 0.6 is 23.2 Å². The maximum atomic E-state index is 13.4. The highest BCUT2D eigenvalue weighted by molar-refractivity contribution is 6.35. The van der Waals surface area contributed by atoms with Gasteiger partial charge in [-0.25, -0.2) is 9.37 Å². The third-order valence-corrected chi connectivity index (χ3v) is 5.09. The Balaban J connectivity index is 1.70. The van der Waals surface area contributed by atoms with Crippen LogP contribution in [0.2, 0.25) is 10.0 Å². The van der Waals surface area contributed by atoms with E-state index >= 15 is 0 Å². The predicted molar refractivity (Wildman–Crippen MR) is 118 cm³/mol. The smallest absolute Gasteiger partial charge is 0.239 e. The van der Waals surface area contributed by atoms with Crippen LogP contribution in [0.5, 0.6) is 0 Å². The number of nitrogens with two attached hydrogens (primary N) is 1. The van der Waals surface area contributed by atoms with E-state index in [0.29, 0.717) is 38.0 Å². The second kappa shape index (κ2) is 8.75. The van der Waals surface area contributed by atoms with Crippen LogP contribution in [0.4, 0.5) is 16.1 Å². The van der Waals surface area contributed by atoms with Gasteiger partial charge in [-0.3, -0.25) is 10.1 Å². The van der Waals surface area contributed by atoms with Gasteiger partial charge in [0, 0.05) is 21.8 Å². The molecule has 0 bridgehead atoms. The number of rotatable bonds is 5. The molecule has 0 spiro atoms. The van der Waals surface area contributed by atoms with Gasteiger partial charge < -0.3 is 10.3 Å². The molecule has 0 aliphatic heterocycles. The van der Waals surface area contributed by atoms with Crippen LogP contribution in [0.15, 0.2) is 65.3 Å². The van der Waals surface area contributed by atoms with Gasteiger partial charge in [0.1, 0.15) is 17.3 Å². The Morgan fingerprint density at radius 1 is 1.06 bits per heavy atom. The summed E-state index contributed by atoms with van der Waals surface area (Å²) < 4.78 is 18.8. The van der Waals surface area contributed by atoms with Gasteiger partial charge in [-0.05, 0) is 59.7 Å². The van der Waals surface area contributed by atoms with Gasteiger partial charge in [0.15, 0.2) is 0 Å². The zero-order valence-corrected chi connectivity index (χ0v) is 17.4. The molecule has 2 heterocycles. The fourth-order valence-electron chi connectivity index (χ4n) is 3.06. The van der Waals surface area contributed by atoms with Crippen LogP contribution in [0, 0.1) is 5.82 Å². The van der Waals surface area contributed by atoms with Crippen LogP contribution < -0.4 is 11.1 Å². The number of pyridine rings is 1. The van der Waals surface area contributed by atoms with Crippen LogP contribution in [0.25, 0.3) is 22.4 Å². The van der Waals surface area contributed by atoms with Gasteiger partial charge in [0.25, 0.3) is 0 Å². The minimum absolute atomic E-state index is 0.000504. The fraction of sp³-hybridized carbons (Fsp3) is 0.0455. The molecule has 0 aliphatic rings. The van der Waals surface area contributed by atoms with E-state index in [1.165, 1.54) is 18.3 Å². The highest BCUT2D eigenvalue weighted by Crippen LogP contribution is 2.38. The molecule has 2 aromatic carbocycles. The number of nitrogen functional groups attached to an aromatic ring is 1. The molecule has 156 valence electrons. The number of hydrogen-bond donors (Lipinski definition) is 2. The lowest BCUT2D eigenvalue weighted by atomic mass is 10.0. The number of carbonyl (C=O) groups excluding carboxylic acids is 1. The van der Waals surface area contributed by atoms with Gasteiger partial charge in [-0.1, -0.05) is 34.4 Å². The van der Waals surface area contributed by atoms with Crippen molar-refractivity contribution in [3.63, 3.8) is 0 Å². The Morgan fingerprint density at radius 2 is 1.84 bits per heavy atom. The summed E-state index contributed by atoms with van der Waals surface area (Å²) in [6.07, 6.45) is 1.53. The normalized spacial score (nSPS) is 10.8. The van der Waals surface area contributed by atoms with Gasteiger partial charge in [0.05, 0.1) is 12.0 Å². The summed E-state index contributed by atoms with van der Waals surface area (Å²) >= 11 is 12.1. The standard InChI is InChI=1S/C22H15Cl2FN4O2/c23-15-4-1-13(17(24)11-15)10-19(30)28-22-20(14-7-8-27-18(26)9-14)21(29-31-22)12-2-5-16(25)6-3-12/h1-9,11H,10H2,(H2,26,27)(H,28,30). The topological polar surface area (TPSA) is 94.0 Å². The van der Waals surface area contributed by atoms with Crippen molar-refractivity contribution in [1.82, 2.24) is 10.1 Å². The highest BCUT2D eigenvalue weighted by atomic mass is 35.5. The first-order valence-electron chi connectivity index (χ1n) is 9.12. The molecule has 0 saturated carbocycles. The Kier molecular flexibility index (Phi) is 5.88. The molecule has 0 fully saturated rings. The Bertz CT molecular complexity index is 1260. The van der Waals surface area contributed by atoms with Crippen molar-refractivity contribution in [3.8, 4) is 22.4 Å². The Hall–Kier alpha value is -3.42. The molecule has 9 heteroatoms. The van der Waals surface area contributed by atoms with E-state index in [-0.39, 0.29) is 29.8 Å². The Morgan fingerprint density at radius 3 is 2.55 bits per heavy atom.